The summed E-state index contributed by atoms with van der Waals surface area (Å²) in [6.07, 6.45) is 0. The molecule has 0 spiro atoms. The summed E-state index contributed by atoms with van der Waals surface area (Å²) in [7, 11) is 4.27. The predicted octanol–water partition coefficient (Wildman–Crippen LogP) is 6.34. The second-order valence-electron chi connectivity index (χ2n) is 8.94. The van der Waals surface area contributed by atoms with Crippen LogP contribution in [0.15, 0.2) is 84.9 Å². The molecule has 0 fully saturated rings. The van der Waals surface area contributed by atoms with Crippen molar-refractivity contribution in [1.29, 1.82) is 0 Å². The third-order valence-electron chi connectivity index (χ3n) is 6.86. The Morgan fingerprint density at radius 3 is 1.35 bits per heavy atom. The van der Waals surface area contributed by atoms with Gasteiger partial charge in [0.05, 0.1) is 24.5 Å². The molecule has 0 bridgehead atoms. The highest BCUT2D eigenvalue weighted by Gasteiger charge is 2.30. The van der Waals surface area contributed by atoms with Crippen molar-refractivity contribution in [3.05, 3.63) is 84.9 Å². The molecule has 0 unspecified atom stereocenters. The van der Waals surface area contributed by atoms with Crippen molar-refractivity contribution in [2.75, 3.05) is 50.2 Å². The van der Waals surface area contributed by atoms with E-state index in [0.29, 0.717) is 13.2 Å². The molecular formula is C30H28N2O2. The highest BCUT2D eigenvalue weighted by atomic mass is 16.5. The summed E-state index contributed by atoms with van der Waals surface area (Å²) >= 11 is 0. The summed E-state index contributed by atoms with van der Waals surface area (Å²) in [6.45, 7) is 3.06. The number of fused-ring (bicyclic) bond motifs is 2. The minimum atomic E-state index is 0.658. The van der Waals surface area contributed by atoms with E-state index in [1.165, 1.54) is 0 Å². The first kappa shape index (κ1) is 20.7. The zero-order chi connectivity index (χ0) is 23.1. The molecule has 6 rings (SSSR count). The van der Waals surface area contributed by atoms with E-state index in [2.05, 4.69) is 109 Å². The quantitative estimate of drug-likeness (QED) is 0.365. The first-order valence-electron chi connectivity index (χ1n) is 11.9. The van der Waals surface area contributed by atoms with Crippen molar-refractivity contribution >= 4 is 11.4 Å². The molecule has 0 atom stereocenters. The summed E-state index contributed by atoms with van der Waals surface area (Å²) in [4.78, 5) is 4.56. The van der Waals surface area contributed by atoms with Crippen LogP contribution >= 0.6 is 0 Å². The first-order valence-corrected chi connectivity index (χ1v) is 11.9. The Balaban J connectivity index is 1.74. The van der Waals surface area contributed by atoms with Gasteiger partial charge >= 0.3 is 0 Å². The van der Waals surface area contributed by atoms with Gasteiger partial charge in [-0.25, -0.2) is 0 Å². The van der Waals surface area contributed by atoms with Gasteiger partial charge in [0.1, 0.15) is 13.2 Å². The third kappa shape index (κ3) is 3.38. The van der Waals surface area contributed by atoms with Gasteiger partial charge in [0.25, 0.3) is 0 Å². The molecule has 0 saturated heterocycles. The van der Waals surface area contributed by atoms with Crippen LogP contribution in [0.1, 0.15) is 0 Å². The summed E-state index contributed by atoms with van der Waals surface area (Å²) in [5, 5.41) is 0. The molecule has 4 aromatic carbocycles. The maximum Gasteiger partial charge on any atom is 0.151 e. The van der Waals surface area contributed by atoms with Crippen LogP contribution in [0.4, 0.5) is 11.4 Å². The molecule has 0 N–H and O–H groups in total. The number of hydrogen-bond donors (Lipinski definition) is 0. The summed E-state index contributed by atoms with van der Waals surface area (Å²) in [6, 6.07) is 30.0. The molecule has 4 heteroatoms. The number of ether oxygens (including phenoxy) is 2. The molecule has 0 aliphatic carbocycles. The minimum absolute atomic E-state index is 0.658. The van der Waals surface area contributed by atoms with Crippen LogP contribution < -0.4 is 19.3 Å². The van der Waals surface area contributed by atoms with E-state index in [1.54, 1.807) is 0 Å². The lowest BCUT2D eigenvalue weighted by Crippen LogP contribution is -2.30. The second-order valence-corrected chi connectivity index (χ2v) is 8.94. The molecule has 170 valence electrons. The minimum Gasteiger partial charge on any atom is -0.489 e. The van der Waals surface area contributed by atoms with E-state index >= 15 is 0 Å². The van der Waals surface area contributed by atoms with Crippen molar-refractivity contribution in [1.82, 2.24) is 0 Å². The maximum atomic E-state index is 6.44. The zero-order valence-corrected chi connectivity index (χ0v) is 19.6. The zero-order valence-electron chi connectivity index (χ0n) is 19.6. The molecule has 2 aliphatic heterocycles. The van der Waals surface area contributed by atoms with Crippen LogP contribution in [0, 0.1) is 0 Å². The Morgan fingerprint density at radius 2 is 0.941 bits per heavy atom. The summed E-state index contributed by atoms with van der Waals surface area (Å²) < 4.78 is 12.9. The standard InChI is InChI=1S/C30H28N2O2/c1-31-17-19-33-29-25(31)15-13-23(21-9-5-3-6-10-21)27(29)28-24(22-11-7-4-8-12-22)14-16-26-30(28)34-20-18-32(26)2/h3-16H,17-20H2,1-2H3. The maximum absolute atomic E-state index is 6.44. The van der Waals surface area contributed by atoms with Crippen molar-refractivity contribution < 1.29 is 9.47 Å². The van der Waals surface area contributed by atoms with E-state index in [9.17, 15) is 0 Å². The lowest BCUT2D eigenvalue weighted by atomic mass is 9.86. The lowest BCUT2D eigenvalue weighted by Gasteiger charge is -2.34. The molecular weight excluding hydrogens is 420 g/mol. The van der Waals surface area contributed by atoms with Crippen LogP contribution in [0.3, 0.4) is 0 Å². The highest BCUT2D eigenvalue weighted by molar-refractivity contribution is 6.02. The molecule has 0 amide bonds. The fourth-order valence-electron chi connectivity index (χ4n) is 5.06. The topological polar surface area (TPSA) is 24.9 Å². The van der Waals surface area contributed by atoms with Crippen LogP contribution in [0.5, 0.6) is 11.5 Å². The van der Waals surface area contributed by atoms with E-state index < -0.39 is 0 Å². The SMILES string of the molecule is CN1CCOc2c1ccc(-c1ccccc1)c2-c1c(-c2ccccc2)ccc2c1OCCN2C. The monoisotopic (exact) mass is 448 g/mol. The number of hydrogen-bond acceptors (Lipinski definition) is 4. The van der Waals surface area contributed by atoms with Crippen LogP contribution in [0.2, 0.25) is 0 Å². The Hall–Kier alpha value is -3.92. The Morgan fingerprint density at radius 1 is 0.529 bits per heavy atom. The van der Waals surface area contributed by atoms with Gasteiger partial charge in [-0.05, 0) is 34.4 Å². The average Bonchev–Trinajstić information content (AvgIpc) is 2.89. The highest BCUT2D eigenvalue weighted by Crippen LogP contribution is 2.54. The second kappa shape index (κ2) is 8.45. The van der Waals surface area contributed by atoms with Gasteiger partial charge in [-0.1, -0.05) is 72.8 Å². The van der Waals surface area contributed by atoms with Crippen molar-refractivity contribution in [2.24, 2.45) is 0 Å². The van der Waals surface area contributed by atoms with E-state index in [-0.39, 0.29) is 0 Å². The van der Waals surface area contributed by atoms with Gasteiger partial charge in [0.2, 0.25) is 0 Å². The lowest BCUT2D eigenvalue weighted by molar-refractivity contribution is 0.308. The Kier molecular flexibility index (Phi) is 5.14. The molecule has 2 heterocycles. The molecule has 0 aromatic heterocycles. The molecule has 4 aromatic rings. The van der Waals surface area contributed by atoms with Gasteiger partial charge in [0.15, 0.2) is 11.5 Å². The van der Waals surface area contributed by atoms with Crippen molar-refractivity contribution in [3.63, 3.8) is 0 Å². The number of anilines is 2. The Bertz CT molecular complexity index is 1230. The van der Waals surface area contributed by atoms with Crippen LogP contribution in [-0.4, -0.2) is 40.4 Å². The smallest absolute Gasteiger partial charge is 0.151 e. The van der Waals surface area contributed by atoms with Gasteiger partial charge in [0, 0.05) is 25.2 Å². The number of benzene rings is 4. The molecule has 4 nitrogen and oxygen atoms in total. The van der Waals surface area contributed by atoms with Gasteiger partial charge in [-0.3, -0.25) is 0 Å². The number of nitrogens with zero attached hydrogens (tertiary/aromatic N) is 2. The fraction of sp³-hybridized carbons (Fsp3) is 0.200. The number of likely N-dealkylation sites (N-methyl/N-ethyl adjacent to an activating group) is 2. The normalized spacial score (nSPS) is 14.6. The van der Waals surface area contributed by atoms with Crippen LogP contribution in [0.25, 0.3) is 33.4 Å². The van der Waals surface area contributed by atoms with E-state index in [0.717, 1.165) is 69.3 Å². The summed E-state index contributed by atoms with van der Waals surface area (Å²) in [5.41, 5.74) is 9.05. The van der Waals surface area contributed by atoms with E-state index in [4.69, 9.17) is 9.47 Å². The predicted molar refractivity (Wildman–Crippen MR) is 140 cm³/mol. The van der Waals surface area contributed by atoms with Crippen molar-refractivity contribution in [3.8, 4) is 44.9 Å². The van der Waals surface area contributed by atoms with Gasteiger partial charge in [-0.2, -0.15) is 0 Å². The van der Waals surface area contributed by atoms with Crippen molar-refractivity contribution in [2.45, 2.75) is 0 Å². The third-order valence-corrected chi connectivity index (χ3v) is 6.86. The molecule has 2 aliphatic rings. The van der Waals surface area contributed by atoms with Crippen LogP contribution in [-0.2, 0) is 0 Å². The largest absolute Gasteiger partial charge is 0.489 e. The molecule has 0 radical (unpaired) electrons. The fourth-order valence-corrected chi connectivity index (χ4v) is 5.06. The Labute approximate surface area is 201 Å². The molecule has 0 saturated carbocycles. The van der Waals surface area contributed by atoms with Gasteiger partial charge in [-0.15, -0.1) is 0 Å². The number of rotatable bonds is 3. The first-order chi connectivity index (χ1) is 16.7. The average molecular weight is 449 g/mol. The van der Waals surface area contributed by atoms with Gasteiger partial charge < -0.3 is 19.3 Å². The summed E-state index contributed by atoms with van der Waals surface area (Å²) in [5.74, 6) is 1.86. The molecule has 34 heavy (non-hydrogen) atoms. The van der Waals surface area contributed by atoms with E-state index in [1.807, 2.05) is 0 Å².